The predicted molar refractivity (Wildman–Crippen MR) is 66.6 cm³/mol. The SMILES string of the molecule is CCCC1(O)CN(C(=O)c2cccc(F)c2N)C1. The topological polar surface area (TPSA) is 66.6 Å². The van der Waals surface area contributed by atoms with Crippen LogP contribution in [0.15, 0.2) is 18.2 Å². The number of aliphatic hydroxyl groups is 1. The maximum atomic E-state index is 13.3. The Balaban J connectivity index is 2.08. The number of hydrogen-bond donors (Lipinski definition) is 2. The zero-order chi connectivity index (χ0) is 13.3. The Morgan fingerprint density at radius 2 is 2.22 bits per heavy atom. The molecule has 1 amide bonds. The molecule has 0 atom stereocenters. The van der Waals surface area contributed by atoms with Crippen molar-refractivity contribution >= 4 is 11.6 Å². The number of β-amino-alcohol motifs (C(OH)–C–C–N with tert-alkyl or cyclic N) is 1. The van der Waals surface area contributed by atoms with Gasteiger partial charge in [-0.05, 0) is 18.6 Å². The molecule has 18 heavy (non-hydrogen) atoms. The molecular weight excluding hydrogens is 235 g/mol. The van der Waals surface area contributed by atoms with Crippen LogP contribution in [0.1, 0.15) is 30.1 Å². The fourth-order valence-corrected chi connectivity index (χ4v) is 2.33. The molecular formula is C13H17FN2O2. The Morgan fingerprint density at radius 1 is 1.56 bits per heavy atom. The molecule has 1 heterocycles. The van der Waals surface area contributed by atoms with E-state index in [1.54, 1.807) is 0 Å². The van der Waals surface area contributed by atoms with Crippen LogP contribution in [-0.4, -0.2) is 34.6 Å². The standard InChI is InChI=1S/C13H17FN2O2/c1-2-6-13(18)7-16(8-13)12(17)9-4-3-5-10(14)11(9)15/h3-5,18H,2,6-8,15H2,1H3. The van der Waals surface area contributed by atoms with Gasteiger partial charge in [0, 0.05) is 0 Å². The predicted octanol–water partition coefficient (Wildman–Crippen LogP) is 1.39. The third kappa shape index (κ3) is 2.18. The van der Waals surface area contributed by atoms with Crippen LogP contribution in [0.5, 0.6) is 0 Å². The molecule has 0 aliphatic carbocycles. The van der Waals surface area contributed by atoms with Gasteiger partial charge in [-0.3, -0.25) is 4.79 Å². The number of benzene rings is 1. The van der Waals surface area contributed by atoms with Crippen LogP contribution >= 0.6 is 0 Å². The molecule has 4 nitrogen and oxygen atoms in total. The van der Waals surface area contributed by atoms with Gasteiger partial charge >= 0.3 is 0 Å². The van der Waals surface area contributed by atoms with E-state index in [9.17, 15) is 14.3 Å². The van der Waals surface area contributed by atoms with Crippen LogP contribution in [0, 0.1) is 5.82 Å². The molecule has 2 rings (SSSR count). The maximum absolute atomic E-state index is 13.3. The molecule has 1 saturated heterocycles. The minimum Gasteiger partial charge on any atom is -0.396 e. The number of carbonyl (C=O) groups is 1. The zero-order valence-electron chi connectivity index (χ0n) is 10.3. The molecule has 0 bridgehead atoms. The van der Waals surface area contributed by atoms with Crippen LogP contribution in [0.4, 0.5) is 10.1 Å². The van der Waals surface area contributed by atoms with Gasteiger partial charge < -0.3 is 15.7 Å². The first-order valence-electron chi connectivity index (χ1n) is 6.02. The first-order valence-corrected chi connectivity index (χ1v) is 6.02. The van der Waals surface area contributed by atoms with Crippen molar-refractivity contribution in [1.82, 2.24) is 4.90 Å². The van der Waals surface area contributed by atoms with Crippen molar-refractivity contribution < 1.29 is 14.3 Å². The summed E-state index contributed by atoms with van der Waals surface area (Å²) in [6.45, 7) is 2.55. The zero-order valence-corrected chi connectivity index (χ0v) is 10.3. The van der Waals surface area contributed by atoms with Crippen molar-refractivity contribution in [3.63, 3.8) is 0 Å². The molecule has 1 aromatic carbocycles. The van der Waals surface area contributed by atoms with Crippen LogP contribution in [0.25, 0.3) is 0 Å². The Kier molecular flexibility index (Phi) is 3.26. The number of anilines is 1. The largest absolute Gasteiger partial charge is 0.396 e. The van der Waals surface area contributed by atoms with Gasteiger partial charge in [-0.2, -0.15) is 0 Å². The summed E-state index contributed by atoms with van der Waals surface area (Å²) in [4.78, 5) is 13.5. The molecule has 0 aromatic heterocycles. The van der Waals surface area contributed by atoms with Crippen molar-refractivity contribution in [2.24, 2.45) is 0 Å². The maximum Gasteiger partial charge on any atom is 0.256 e. The van der Waals surface area contributed by atoms with E-state index < -0.39 is 11.4 Å². The molecule has 1 aliphatic rings. The summed E-state index contributed by atoms with van der Waals surface area (Å²) in [5.74, 6) is -0.919. The molecule has 5 heteroatoms. The Bertz CT molecular complexity index is 470. The number of hydrogen-bond acceptors (Lipinski definition) is 3. The first kappa shape index (κ1) is 12.8. The fourth-order valence-electron chi connectivity index (χ4n) is 2.33. The lowest BCUT2D eigenvalue weighted by Gasteiger charge is -2.46. The quantitative estimate of drug-likeness (QED) is 0.799. The van der Waals surface area contributed by atoms with Crippen molar-refractivity contribution in [3.05, 3.63) is 29.6 Å². The lowest BCUT2D eigenvalue weighted by molar-refractivity contribution is -0.0859. The number of rotatable bonds is 3. The highest BCUT2D eigenvalue weighted by Gasteiger charge is 2.43. The summed E-state index contributed by atoms with van der Waals surface area (Å²) in [6.07, 6.45) is 1.52. The van der Waals surface area contributed by atoms with Crippen molar-refractivity contribution in [2.75, 3.05) is 18.8 Å². The number of nitrogens with two attached hydrogens (primary N) is 1. The Morgan fingerprint density at radius 3 is 2.83 bits per heavy atom. The van der Waals surface area contributed by atoms with E-state index in [-0.39, 0.29) is 30.2 Å². The Hall–Kier alpha value is -1.62. The molecule has 0 saturated carbocycles. The van der Waals surface area contributed by atoms with E-state index in [1.807, 2.05) is 6.92 Å². The second kappa shape index (κ2) is 4.57. The molecule has 0 unspecified atom stereocenters. The summed E-state index contributed by atoms with van der Waals surface area (Å²) in [6, 6.07) is 4.17. The van der Waals surface area contributed by atoms with Gasteiger partial charge in [0.2, 0.25) is 0 Å². The van der Waals surface area contributed by atoms with Gasteiger partial charge in [-0.1, -0.05) is 19.4 Å². The summed E-state index contributed by atoms with van der Waals surface area (Å²) < 4.78 is 13.3. The second-order valence-corrected chi connectivity index (χ2v) is 4.84. The van der Waals surface area contributed by atoms with E-state index >= 15 is 0 Å². The molecule has 0 radical (unpaired) electrons. The van der Waals surface area contributed by atoms with Gasteiger partial charge in [0.05, 0.1) is 29.9 Å². The number of nitrogens with zero attached hydrogens (tertiary/aromatic N) is 1. The van der Waals surface area contributed by atoms with E-state index in [4.69, 9.17) is 5.73 Å². The number of halogens is 1. The van der Waals surface area contributed by atoms with Gasteiger partial charge in [-0.25, -0.2) is 4.39 Å². The van der Waals surface area contributed by atoms with Gasteiger partial charge in [0.25, 0.3) is 5.91 Å². The van der Waals surface area contributed by atoms with Crippen LogP contribution in [0.3, 0.4) is 0 Å². The average molecular weight is 252 g/mol. The highest BCUT2D eigenvalue weighted by atomic mass is 19.1. The van der Waals surface area contributed by atoms with Crippen LogP contribution in [-0.2, 0) is 0 Å². The van der Waals surface area contributed by atoms with Gasteiger partial charge in [-0.15, -0.1) is 0 Å². The number of amides is 1. The second-order valence-electron chi connectivity index (χ2n) is 4.84. The molecule has 1 aliphatic heterocycles. The Labute approximate surface area is 105 Å². The third-order valence-electron chi connectivity index (χ3n) is 3.26. The molecule has 1 aromatic rings. The summed E-state index contributed by atoms with van der Waals surface area (Å²) in [5, 5.41) is 10.0. The van der Waals surface area contributed by atoms with Crippen LogP contribution in [0.2, 0.25) is 0 Å². The smallest absolute Gasteiger partial charge is 0.256 e. The lowest BCUT2D eigenvalue weighted by Crippen LogP contribution is -2.63. The molecule has 0 spiro atoms. The lowest BCUT2D eigenvalue weighted by atomic mass is 9.88. The van der Waals surface area contributed by atoms with Crippen molar-refractivity contribution in [1.29, 1.82) is 0 Å². The fraction of sp³-hybridized carbons (Fsp3) is 0.462. The number of nitrogen functional groups attached to an aromatic ring is 1. The summed E-state index contributed by atoms with van der Waals surface area (Å²) in [5.41, 5.74) is 4.79. The van der Waals surface area contributed by atoms with E-state index in [1.165, 1.54) is 23.1 Å². The van der Waals surface area contributed by atoms with E-state index in [2.05, 4.69) is 0 Å². The third-order valence-corrected chi connectivity index (χ3v) is 3.26. The van der Waals surface area contributed by atoms with E-state index in [0.717, 1.165) is 6.42 Å². The highest BCUT2D eigenvalue weighted by Crippen LogP contribution is 2.28. The summed E-state index contributed by atoms with van der Waals surface area (Å²) in [7, 11) is 0. The average Bonchev–Trinajstić information content (AvgIpc) is 2.29. The van der Waals surface area contributed by atoms with Crippen LogP contribution < -0.4 is 5.73 Å². The number of likely N-dealkylation sites (tertiary alicyclic amines) is 1. The highest BCUT2D eigenvalue weighted by molar-refractivity contribution is 5.99. The van der Waals surface area contributed by atoms with Crippen molar-refractivity contribution in [3.8, 4) is 0 Å². The van der Waals surface area contributed by atoms with Crippen molar-refractivity contribution in [2.45, 2.75) is 25.4 Å². The number of para-hydroxylation sites is 1. The molecule has 3 N–H and O–H groups in total. The summed E-state index contributed by atoms with van der Waals surface area (Å²) >= 11 is 0. The monoisotopic (exact) mass is 252 g/mol. The normalized spacial score (nSPS) is 17.4. The first-order chi connectivity index (χ1) is 8.47. The molecule has 1 fully saturated rings. The minimum atomic E-state index is -0.785. The molecule has 98 valence electrons. The number of carbonyl (C=O) groups excluding carboxylic acids is 1. The van der Waals surface area contributed by atoms with Gasteiger partial charge in [0.15, 0.2) is 0 Å². The minimum absolute atomic E-state index is 0.131. The van der Waals surface area contributed by atoms with Gasteiger partial charge in [0.1, 0.15) is 5.82 Å². The van der Waals surface area contributed by atoms with E-state index in [0.29, 0.717) is 6.42 Å².